The molecule has 0 saturated heterocycles. The van der Waals surface area contributed by atoms with Gasteiger partial charge in [0.05, 0.1) is 11.3 Å². The summed E-state index contributed by atoms with van der Waals surface area (Å²) < 4.78 is 16.2. The van der Waals surface area contributed by atoms with Gasteiger partial charge in [0.25, 0.3) is 0 Å². The van der Waals surface area contributed by atoms with Crippen LogP contribution in [0.2, 0.25) is 0 Å². The second kappa shape index (κ2) is 8.92. The summed E-state index contributed by atoms with van der Waals surface area (Å²) in [4.78, 5) is 12.5. The first-order valence-corrected chi connectivity index (χ1v) is 10.4. The molecule has 0 radical (unpaired) electrons. The average Bonchev–Trinajstić information content (AvgIpc) is 3.18. The van der Waals surface area contributed by atoms with Crippen LogP contribution < -0.4 is 5.32 Å². The number of amides is 1. The third-order valence-corrected chi connectivity index (χ3v) is 5.44. The summed E-state index contributed by atoms with van der Waals surface area (Å²) in [5.41, 5.74) is 2.91. The second-order valence-electron chi connectivity index (χ2n) is 6.61. The maximum absolute atomic E-state index is 14.4. The zero-order valence-electron chi connectivity index (χ0n) is 16.2. The van der Waals surface area contributed by atoms with E-state index in [0.717, 1.165) is 16.9 Å². The molecule has 3 aromatic carbocycles. The van der Waals surface area contributed by atoms with E-state index in [1.807, 2.05) is 61.5 Å². The number of hydrogen-bond donors (Lipinski definition) is 1. The number of benzene rings is 3. The summed E-state index contributed by atoms with van der Waals surface area (Å²) >= 11 is 1.25. The van der Waals surface area contributed by atoms with Crippen LogP contribution in [0, 0.1) is 12.7 Å². The average molecular weight is 418 g/mol. The molecule has 30 heavy (non-hydrogen) atoms. The van der Waals surface area contributed by atoms with Gasteiger partial charge in [0, 0.05) is 11.4 Å². The highest BCUT2D eigenvalue weighted by Gasteiger charge is 2.19. The number of thioether (sulfide) groups is 1. The Hall–Kier alpha value is -3.45. The number of para-hydroxylation sites is 2. The highest BCUT2D eigenvalue weighted by Crippen LogP contribution is 2.29. The number of carbonyl (C=O) groups is 1. The van der Waals surface area contributed by atoms with E-state index < -0.39 is 0 Å². The molecule has 4 aromatic rings. The van der Waals surface area contributed by atoms with Crippen LogP contribution in [0.25, 0.3) is 17.1 Å². The smallest absolute Gasteiger partial charge is 0.234 e. The first-order chi connectivity index (χ1) is 14.6. The van der Waals surface area contributed by atoms with Crippen LogP contribution in [0.1, 0.15) is 5.56 Å². The van der Waals surface area contributed by atoms with Crippen molar-refractivity contribution in [2.75, 3.05) is 11.1 Å². The molecule has 0 bridgehead atoms. The van der Waals surface area contributed by atoms with Gasteiger partial charge in [-0.25, -0.2) is 4.39 Å². The van der Waals surface area contributed by atoms with E-state index in [-0.39, 0.29) is 17.5 Å². The molecule has 0 spiro atoms. The summed E-state index contributed by atoms with van der Waals surface area (Å²) in [7, 11) is 0. The fourth-order valence-electron chi connectivity index (χ4n) is 3.02. The van der Waals surface area contributed by atoms with Crippen LogP contribution in [0.4, 0.5) is 10.1 Å². The first kappa shape index (κ1) is 19.8. The van der Waals surface area contributed by atoms with Gasteiger partial charge >= 0.3 is 0 Å². The normalized spacial score (nSPS) is 10.7. The van der Waals surface area contributed by atoms with Crippen LogP contribution in [0.3, 0.4) is 0 Å². The molecule has 1 heterocycles. The Morgan fingerprint density at radius 1 is 0.967 bits per heavy atom. The third kappa shape index (κ3) is 4.26. The molecule has 5 nitrogen and oxygen atoms in total. The Morgan fingerprint density at radius 2 is 1.67 bits per heavy atom. The van der Waals surface area contributed by atoms with Crippen LogP contribution >= 0.6 is 11.8 Å². The molecule has 0 atom stereocenters. The highest BCUT2D eigenvalue weighted by atomic mass is 32.2. The summed E-state index contributed by atoms with van der Waals surface area (Å²) in [6.45, 7) is 1.94. The van der Waals surface area contributed by atoms with Gasteiger partial charge in [-0.15, -0.1) is 10.2 Å². The van der Waals surface area contributed by atoms with Crippen molar-refractivity contribution in [3.8, 4) is 17.1 Å². The van der Waals surface area contributed by atoms with Gasteiger partial charge in [-0.3, -0.25) is 9.36 Å². The quantitative estimate of drug-likeness (QED) is 0.442. The van der Waals surface area contributed by atoms with E-state index in [2.05, 4.69) is 15.5 Å². The van der Waals surface area contributed by atoms with Crippen LogP contribution in [0.5, 0.6) is 0 Å². The lowest BCUT2D eigenvalue weighted by atomic mass is 10.2. The van der Waals surface area contributed by atoms with Gasteiger partial charge in [0.1, 0.15) is 5.82 Å². The molecular formula is C23H19FN4OS. The molecular weight excluding hydrogens is 399 g/mol. The Balaban J connectivity index is 1.61. The number of hydrogen-bond acceptors (Lipinski definition) is 4. The Morgan fingerprint density at radius 3 is 2.43 bits per heavy atom. The fraction of sp³-hybridized carbons (Fsp3) is 0.0870. The molecule has 0 unspecified atom stereocenters. The number of carbonyl (C=O) groups excluding carboxylic acids is 1. The third-order valence-electron chi connectivity index (χ3n) is 4.51. The SMILES string of the molecule is Cc1ccccc1NC(=O)CSc1nnc(-c2ccccc2F)n1-c1ccccc1. The van der Waals surface area contributed by atoms with Gasteiger partial charge in [0.2, 0.25) is 5.91 Å². The number of anilines is 1. The summed E-state index contributed by atoms with van der Waals surface area (Å²) in [5, 5.41) is 11.9. The predicted octanol–water partition coefficient (Wildman–Crippen LogP) is 5.11. The fourth-order valence-corrected chi connectivity index (χ4v) is 3.77. The zero-order chi connectivity index (χ0) is 20.9. The zero-order valence-corrected chi connectivity index (χ0v) is 17.1. The molecule has 0 aliphatic rings. The lowest BCUT2D eigenvalue weighted by Crippen LogP contribution is -2.15. The van der Waals surface area contributed by atoms with E-state index in [0.29, 0.717) is 16.5 Å². The Bertz CT molecular complexity index is 1180. The van der Waals surface area contributed by atoms with Crippen LogP contribution in [-0.2, 0) is 4.79 Å². The lowest BCUT2D eigenvalue weighted by molar-refractivity contribution is -0.113. The van der Waals surface area contributed by atoms with Crippen molar-refractivity contribution >= 4 is 23.4 Å². The number of nitrogens with one attached hydrogen (secondary N) is 1. The van der Waals surface area contributed by atoms with Crippen LogP contribution in [-0.4, -0.2) is 26.4 Å². The molecule has 1 aromatic heterocycles. The molecule has 0 aliphatic carbocycles. The molecule has 0 saturated carbocycles. The summed E-state index contributed by atoms with van der Waals surface area (Å²) in [6, 6.07) is 23.5. The van der Waals surface area contributed by atoms with Crippen molar-refractivity contribution in [1.82, 2.24) is 14.8 Å². The predicted molar refractivity (Wildman–Crippen MR) is 117 cm³/mol. The summed E-state index contributed by atoms with van der Waals surface area (Å²) in [5.74, 6) is 0.0118. The van der Waals surface area contributed by atoms with Gasteiger partial charge in [-0.1, -0.05) is 60.3 Å². The van der Waals surface area contributed by atoms with E-state index in [1.54, 1.807) is 22.8 Å². The minimum absolute atomic E-state index is 0.149. The maximum Gasteiger partial charge on any atom is 0.234 e. The van der Waals surface area contributed by atoms with Crippen molar-refractivity contribution in [3.63, 3.8) is 0 Å². The van der Waals surface area contributed by atoms with Crippen molar-refractivity contribution < 1.29 is 9.18 Å². The number of aryl methyl sites for hydroxylation is 1. The molecule has 0 fully saturated rings. The van der Waals surface area contributed by atoms with Crippen molar-refractivity contribution in [2.24, 2.45) is 0 Å². The van der Waals surface area contributed by atoms with Crippen molar-refractivity contribution in [1.29, 1.82) is 0 Å². The number of nitrogens with zero attached hydrogens (tertiary/aromatic N) is 3. The van der Waals surface area contributed by atoms with Crippen molar-refractivity contribution in [2.45, 2.75) is 12.1 Å². The van der Waals surface area contributed by atoms with E-state index in [9.17, 15) is 9.18 Å². The minimum atomic E-state index is -0.379. The van der Waals surface area contributed by atoms with Gasteiger partial charge in [-0.2, -0.15) is 0 Å². The molecule has 0 aliphatic heterocycles. The molecule has 1 N–H and O–H groups in total. The van der Waals surface area contributed by atoms with E-state index >= 15 is 0 Å². The monoisotopic (exact) mass is 418 g/mol. The van der Waals surface area contributed by atoms with E-state index in [4.69, 9.17) is 0 Å². The highest BCUT2D eigenvalue weighted by molar-refractivity contribution is 7.99. The molecule has 4 rings (SSSR count). The topological polar surface area (TPSA) is 59.8 Å². The Kier molecular flexibility index (Phi) is 5.90. The minimum Gasteiger partial charge on any atom is -0.325 e. The molecule has 1 amide bonds. The van der Waals surface area contributed by atoms with Gasteiger partial charge in [0.15, 0.2) is 11.0 Å². The summed E-state index contributed by atoms with van der Waals surface area (Å²) in [6.07, 6.45) is 0. The van der Waals surface area contributed by atoms with Gasteiger partial charge in [-0.05, 0) is 42.8 Å². The second-order valence-corrected chi connectivity index (χ2v) is 7.55. The molecule has 7 heteroatoms. The largest absolute Gasteiger partial charge is 0.325 e. The lowest BCUT2D eigenvalue weighted by Gasteiger charge is -2.11. The van der Waals surface area contributed by atoms with Crippen LogP contribution in [0.15, 0.2) is 84.0 Å². The first-order valence-electron chi connectivity index (χ1n) is 9.37. The number of aromatic nitrogens is 3. The van der Waals surface area contributed by atoms with E-state index in [1.165, 1.54) is 17.8 Å². The Labute approximate surface area is 178 Å². The van der Waals surface area contributed by atoms with Crippen molar-refractivity contribution in [3.05, 3.63) is 90.2 Å². The maximum atomic E-state index is 14.4. The standard InChI is InChI=1S/C23H19FN4OS/c1-16-9-5-8-14-20(16)25-21(29)15-30-23-27-26-22(18-12-6-7-13-19(18)24)28(23)17-10-3-2-4-11-17/h2-14H,15H2,1H3,(H,25,29). The van der Waals surface area contributed by atoms with Gasteiger partial charge < -0.3 is 5.32 Å². The number of halogens is 1. The molecule has 150 valence electrons. The number of rotatable bonds is 6.